The van der Waals surface area contributed by atoms with Gasteiger partial charge < -0.3 is 59.0 Å². The van der Waals surface area contributed by atoms with Gasteiger partial charge in [0.1, 0.15) is 36.6 Å². The van der Waals surface area contributed by atoms with Gasteiger partial charge >= 0.3 is 0 Å². The molecule has 0 radical (unpaired) electrons. The van der Waals surface area contributed by atoms with Crippen molar-refractivity contribution in [2.75, 3.05) is 46.6 Å². The lowest BCUT2D eigenvalue weighted by Gasteiger charge is -2.46. The van der Waals surface area contributed by atoms with Crippen LogP contribution < -0.4 is 10.6 Å². The van der Waals surface area contributed by atoms with Gasteiger partial charge in [0.15, 0.2) is 12.6 Å². The molecule has 4 unspecified atom stereocenters. The van der Waals surface area contributed by atoms with Crippen molar-refractivity contribution in [1.82, 2.24) is 31.0 Å². The average molecular weight is 772 g/mol. The number of aliphatic hydroxyl groups is 4. The molecule has 2 aromatic rings. The number of ether oxygens (including phenoxy) is 4. The van der Waals surface area contributed by atoms with Crippen molar-refractivity contribution in [1.29, 1.82) is 0 Å². The zero-order valence-electron chi connectivity index (χ0n) is 29.9. The van der Waals surface area contributed by atoms with E-state index in [2.05, 4.69) is 31.0 Å². The van der Waals surface area contributed by atoms with E-state index in [1.165, 1.54) is 20.4 Å². The van der Waals surface area contributed by atoms with Crippen LogP contribution in [0.5, 0.6) is 0 Å². The predicted octanol–water partition coefficient (Wildman–Crippen LogP) is -3.19. The Hall–Kier alpha value is -3.35. The summed E-state index contributed by atoms with van der Waals surface area (Å²) in [6, 6.07) is 7.04. The van der Waals surface area contributed by atoms with Crippen molar-refractivity contribution in [3.8, 4) is 11.4 Å². The molecule has 4 rings (SSSR count). The van der Waals surface area contributed by atoms with Crippen LogP contribution in [0.4, 0.5) is 0 Å². The largest absolute Gasteiger partial charge is 0.748 e. The van der Waals surface area contributed by atoms with Crippen LogP contribution in [0, 0.1) is 0 Å². The first-order valence-electron chi connectivity index (χ1n) is 17.1. The van der Waals surface area contributed by atoms with E-state index in [0.717, 1.165) is 5.56 Å². The number of amides is 2. The van der Waals surface area contributed by atoms with E-state index in [1.54, 1.807) is 24.3 Å². The first-order chi connectivity index (χ1) is 25.0. The number of quaternary nitrogens is 1. The summed E-state index contributed by atoms with van der Waals surface area (Å²) in [5.74, 6) is -1.10. The number of hydrogen-bond donors (Lipinski definition) is 6. The SMILES string of the molecule is CO[C@@H]1C(CC(=O)NCc2ccc(-c3nncnn3)cc2)O[C@@H](O[C@@H]2C(CC(=O)NCC[N+](C)(C)CCCS(=O)(=O)[O-])O[C@@H](C)C(O)[C@H]2O)C(O)[C@H]1O. The number of nitrogens with zero attached hydrogens (tertiary/aromatic N) is 5. The average Bonchev–Trinajstić information content (AvgIpc) is 3.10. The monoisotopic (exact) mass is 771 g/mol. The van der Waals surface area contributed by atoms with Gasteiger partial charge in [0.25, 0.3) is 0 Å². The summed E-state index contributed by atoms with van der Waals surface area (Å²) in [5.41, 5.74) is 1.44. The first-order valence-corrected chi connectivity index (χ1v) is 18.7. The van der Waals surface area contributed by atoms with Crippen LogP contribution in [0.2, 0.25) is 0 Å². The molecule has 0 aliphatic carbocycles. The Bertz CT molecular complexity index is 1590. The molecular formula is C32H49N7O13S. The summed E-state index contributed by atoms with van der Waals surface area (Å²) in [6.07, 6.45) is -12.9. The van der Waals surface area contributed by atoms with E-state index in [9.17, 15) is 43.0 Å². The minimum atomic E-state index is -4.33. The lowest BCUT2D eigenvalue weighted by molar-refractivity contribution is -0.889. The highest BCUT2D eigenvalue weighted by Crippen LogP contribution is 2.32. The molecule has 0 bridgehead atoms. The molecule has 2 aliphatic heterocycles. The molecule has 2 amide bonds. The van der Waals surface area contributed by atoms with Crippen LogP contribution in [-0.4, -0.2) is 178 Å². The molecule has 1 aromatic carbocycles. The summed E-state index contributed by atoms with van der Waals surface area (Å²) < 4.78 is 56.2. The topological polar surface area (TPSA) is 285 Å². The quantitative estimate of drug-likeness (QED) is 0.0683. The Kier molecular flexibility index (Phi) is 15.0. The van der Waals surface area contributed by atoms with Crippen molar-refractivity contribution in [2.45, 2.75) is 94.0 Å². The fourth-order valence-electron chi connectivity index (χ4n) is 6.17. The Morgan fingerprint density at radius 3 is 2.11 bits per heavy atom. The van der Waals surface area contributed by atoms with E-state index < -0.39 is 88.9 Å². The highest BCUT2D eigenvalue weighted by Gasteiger charge is 2.51. The van der Waals surface area contributed by atoms with Crippen molar-refractivity contribution < 1.29 is 66.4 Å². The lowest BCUT2D eigenvalue weighted by Crippen LogP contribution is -2.64. The molecule has 0 spiro atoms. The van der Waals surface area contributed by atoms with Gasteiger partial charge in [-0.2, -0.15) is 0 Å². The summed E-state index contributed by atoms with van der Waals surface area (Å²) >= 11 is 0. The van der Waals surface area contributed by atoms with Crippen LogP contribution in [0.25, 0.3) is 11.4 Å². The molecule has 20 nitrogen and oxygen atoms in total. The van der Waals surface area contributed by atoms with Gasteiger partial charge in [0.05, 0.1) is 75.0 Å². The van der Waals surface area contributed by atoms with Crippen LogP contribution in [0.1, 0.15) is 31.7 Å². The summed E-state index contributed by atoms with van der Waals surface area (Å²) in [4.78, 5) is 26.0. The number of carbonyl (C=O) groups excluding carboxylic acids is 2. The summed E-state index contributed by atoms with van der Waals surface area (Å²) in [6.45, 7) is 2.64. The molecule has 2 fully saturated rings. The van der Waals surface area contributed by atoms with Crippen LogP contribution in [-0.2, 0) is 45.2 Å². The van der Waals surface area contributed by atoms with Crippen LogP contribution in [0.15, 0.2) is 30.6 Å². The molecular weight excluding hydrogens is 722 g/mol. The Balaban J connectivity index is 1.35. The molecule has 6 N–H and O–H groups in total. The van der Waals surface area contributed by atoms with E-state index in [1.807, 2.05) is 14.1 Å². The number of carbonyl (C=O) groups is 2. The molecule has 296 valence electrons. The van der Waals surface area contributed by atoms with Crippen molar-refractivity contribution in [3.05, 3.63) is 36.2 Å². The molecule has 21 heteroatoms. The fraction of sp³-hybridized carbons (Fsp3) is 0.688. The van der Waals surface area contributed by atoms with Gasteiger partial charge in [-0.3, -0.25) is 9.59 Å². The standard InChI is InChI=1S/C32H49N7O13S/c1-18-25(42)26(43)30(22(50-18)15-23(40)33-10-12-39(2,3)11-5-13-53(46,47)48)52-32-28(45)27(44)29(49-4)21(51-32)14-24(41)34-16-19-6-8-20(9-7-19)31-37-35-17-36-38-31/h6-9,17-18,21-22,25-30,32,42-45H,5,10-16H2,1-4H3,(H2-,33,34,40,41,46,47,48)/t18-,21?,22?,25?,26+,27+,28?,29+,30+,32-/m0/s1. The second-order valence-corrected chi connectivity index (χ2v) is 15.3. The maximum atomic E-state index is 13.0. The van der Waals surface area contributed by atoms with Gasteiger partial charge in [-0.15, -0.1) is 20.4 Å². The fourth-order valence-corrected chi connectivity index (χ4v) is 6.65. The third-order valence-electron chi connectivity index (χ3n) is 9.21. The van der Waals surface area contributed by atoms with Gasteiger partial charge in [0, 0.05) is 31.4 Å². The van der Waals surface area contributed by atoms with Gasteiger partial charge in [-0.25, -0.2) is 8.42 Å². The molecule has 1 aromatic heterocycles. The van der Waals surface area contributed by atoms with E-state index in [4.69, 9.17) is 18.9 Å². The smallest absolute Gasteiger partial charge is 0.222 e. The molecule has 0 saturated carbocycles. The van der Waals surface area contributed by atoms with Gasteiger partial charge in [0.2, 0.25) is 17.6 Å². The van der Waals surface area contributed by atoms with Crippen LogP contribution >= 0.6 is 0 Å². The van der Waals surface area contributed by atoms with Gasteiger partial charge in [-0.05, 0) is 12.5 Å². The number of aromatic nitrogens is 4. The lowest BCUT2D eigenvalue weighted by atomic mass is 9.92. The number of hydrogen-bond acceptors (Lipinski definition) is 17. The number of methoxy groups -OCH3 is 1. The summed E-state index contributed by atoms with van der Waals surface area (Å²) in [5, 5.41) is 64.2. The molecule has 3 heterocycles. The molecule has 53 heavy (non-hydrogen) atoms. The van der Waals surface area contributed by atoms with Crippen LogP contribution in [0.3, 0.4) is 0 Å². The van der Waals surface area contributed by atoms with Gasteiger partial charge in [-0.1, -0.05) is 24.3 Å². The van der Waals surface area contributed by atoms with E-state index >= 15 is 0 Å². The zero-order chi connectivity index (χ0) is 38.9. The Morgan fingerprint density at radius 1 is 0.887 bits per heavy atom. The van der Waals surface area contributed by atoms with E-state index in [0.29, 0.717) is 29.0 Å². The minimum Gasteiger partial charge on any atom is -0.748 e. The first kappa shape index (κ1) is 42.4. The third kappa shape index (κ3) is 12.3. The number of rotatable bonds is 17. The highest BCUT2D eigenvalue weighted by atomic mass is 32.2. The molecule has 10 atom stereocenters. The second kappa shape index (κ2) is 18.8. The maximum Gasteiger partial charge on any atom is 0.222 e. The van der Waals surface area contributed by atoms with E-state index in [-0.39, 0.29) is 32.4 Å². The predicted molar refractivity (Wildman–Crippen MR) is 181 cm³/mol. The Morgan fingerprint density at radius 2 is 1.49 bits per heavy atom. The highest BCUT2D eigenvalue weighted by molar-refractivity contribution is 7.85. The number of benzene rings is 1. The Labute approximate surface area is 307 Å². The number of likely N-dealkylation sites (N-methyl/N-ethyl adjacent to an activating group) is 1. The zero-order valence-corrected chi connectivity index (χ0v) is 30.7. The normalized spacial score (nSPS) is 29.4. The van der Waals surface area contributed by atoms with Crippen molar-refractivity contribution in [3.63, 3.8) is 0 Å². The molecule has 2 aliphatic rings. The second-order valence-electron chi connectivity index (χ2n) is 13.8. The number of nitrogens with one attached hydrogen (secondary N) is 2. The molecule has 2 saturated heterocycles. The third-order valence-corrected chi connectivity index (χ3v) is 10.00. The summed E-state index contributed by atoms with van der Waals surface area (Å²) in [7, 11) is 0.597. The van der Waals surface area contributed by atoms with Crippen molar-refractivity contribution in [2.24, 2.45) is 0 Å². The number of aliphatic hydroxyl groups excluding tert-OH is 4. The maximum absolute atomic E-state index is 13.0. The minimum absolute atomic E-state index is 0.147. The van der Waals surface area contributed by atoms with Crippen molar-refractivity contribution >= 4 is 21.9 Å².